The van der Waals surface area contributed by atoms with Gasteiger partial charge in [0.05, 0.1) is 28.7 Å². The molecule has 0 aliphatic carbocycles. The minimum atomic E-state index is 0.213. The van der Waals surface area contributed by atoms with E-state index in [4.69, 9.17) is 10.00 Å². The second-order valence-electron chi connectivity index (χ2n) is 6.03. The highest BCUT2D eigenvalue weighted by molar-refractivity contribution is 5.49. The van der Waals surface area contributed by atoms with Crippen LogP contribution in [0.15, 0.2) is 42.5 Å². The standard InChI is InChI=1S/C21H18N4O/c1-14-15(2)21(10-9-17(14)11-22)26-13-20-19(12-23)16(3)24-25(20)18-7-5-4-6-8-18/h4-10H,13H2,1-3H3. The van der Waals surface area contributed by atoms with Crippen LogP contribution in [0.4, 0.5) is 0 Å². The van der Waals surface area contributed by atoms with Gasteiger partial charge in [0.1, 0.15) is 24.0 Å². The van der Waals surface area contributed by atoms with Crippen molar-refractivity contribution in [1.29, 1.82) is 10.5 Å². The third-order valence-corrected chi connectivity index (χ3v) is 4.49. The van der Waals surface area contributed by atoms with Crippen molar-refractivity contribution in [2.24, 2.45) is 0 Å². The summed E-state index contributed by atoms with van der Waals surface area (Å²) >= 11 is 0. The van der Waals surface area contributed by atoms with Gasteiger partial charge in [0, 0.05) is 0 Å². The number of nitrogens with zero attached hydrogens (tertiary/aromatic N) is 4. The van der Waals surface area contributed by atoms with Crippen LogP contribution in [0.1, 0.15) is 33.6 Å². The van der Waals surface area contributed by atoms with Gasteiger partial charge < -0.3 is 4.74 Å². The zero-order valence-electron chi connectivity index (χ0n) is 14.9. The molecule has 0 saturated heterocycles. The molecule has 1 aromatic heterocycles. The SMILES string of the molecule is Cc1nn(-c2ccccc2)c(COc2ccc(C#N)c(C)c2C)c1C#N. The molecule has 128 valence electrons. The van der Waals surface area contributed by atoms with Gasteiger partial charge >= 0.3 is 0 Å². The highest BCUT2D eigenvalue weighted by atomic mass is 16.5. The van der Waals surface area contributed by atoms with Gasteiger partial charge in [-0.3, -0.25) is 0 Å². The fraction of sp³-hybridized carbons (Fsp3) is 0.190. The maximum Gasteiger partial charge on any atom is 0.132 e. The Morgan fingerprint density at radius 3 is 2.35 bits per heavy atom. The maximum atomic E-state index is 9.53. The molecular formula is C21H18N4O. The Morgan fingerprint density at radius 1 is 0.962 bits per heavy atom. The lowest BCUT2D eigenvalue weighted by atomic mass is 10.0. The third-order valence-electron chi connectivity index (χ3n) is 4.49. The third kappa shape index (κ3) is 3.03. The number of rotatable bonds is 4. The molecule has 1 heterocycles. The van der Waals surface area contributed by atoms with Gasteiger partial charge in [-0.2, -0.15) is 15.6 Å². The number of ether oxygens (including phenoxy) is 1. The lowest BCUT2D eigenvalue weighted by Crippen LogP contribution is -2.08. The van der Waals surface area contributed by atoms with Crippen molar-refractivity contribution in [3.05, 3.63) is 76.1 Å². The van der Waals surface area contributed by atoms with Crippen molar-refractivity contribution >= 4 is 0 Å². The van der Waals surface area contributed by atoms with Crippen LogP contribution in [0, 0.1) is 43.4 Å². The van der Waals surface area contributed by atoms with E-state index in [1.165, 1.54) is 0 Å². The first-order valence-electron chi connectivity index (χ1n) is 8.24. The number of hydrogen-bond acceptors (Lipinski definition) is 4. The monoisotopic (exact) mass is 342 g/mol. The van der Waals surface area contributed by atoms with Gasteiger partial charge in [-0.15, -0.1) is 0 Å². The van der Waals surface area contributed by atoms with E-state index in [-0.39, 0.29) is 6.61 Å². The zero-order chi connectivity index (χ0) is 18.7. The lowest BCUT2D eigenvalue weighted by Gasteiger charge is -2.13. The first kappa shape index (κ1) is 17.3. The Balaban J connectivity index is 1.98. The quantitative estimate of drug-likeness (QED) is 0.715. The van der Waals surface area contributed by atoms with E-state index in [9.17, 15) is 5.26 Å². The van der Waals surface area contributed by atoms with Gasteiger partial charge in [-0.05, 0) is 56.2 Å². The number of aromatic nitrogens is 2. The van der Waals surface area contributed by atoms with Gasteiger partial charge in [0.25, 0.3) is 0 Å². The number of para-hydroxylation sites is 1. The minimum Gasteiger partial charge on any atom is -0.487 e. The van der Waals surface area contributed by atoms with Crippen molar-refractivity contribution in [2.75, 3.05) is 0 Å². The minimum absolute atomic E-state index is 0.213. The van der Waals surface area contributed by atoms with Gasteiger partial charge in [-0.25, -0.2) is 4.68 Å². The van der Waals surface area contributed by atoms with Crippen molar-refractivity contribution in [2.45, 2.75) is 27.4 Å². The molecule has 0 radical (unpaired) electrons. The van der Waals surface area contributed by atoms with Crippen LogP contribution < -0.4 is 4.74 Å². The van der Waals surface area contributed by atoms with Crippen LogP contribution in [0.3, 0.4) is 0 Å². The van der Waals surface area contributed by atoms with E-state index < -0.39 is 0 Å². The zero-order valence-corrected chi connectivity index (χ0v) is 14.9. The van der Waals surface area contributed by atoms with Crippen LogP contribution in [-0.2, 0) is 6.61 Å². The van der Waals surface area contributed by atoms with Gasteiger partial charge in [-0.1, -0.05) is 18.2 Å². The van der Waals surface area contributed by atoms with Crippen LogP contribution in [-0.4, -0.2) is 9.78 Å². The molecule has 0 fully saturated rings. The average Bonchev–Trinajstić information content (AvgIpc) is 2.99. The summed E-state index contributed by atoms with van der Waals surface area (Å²) in [6.45, 7) is 5.86. The van der Waals surface area contributed by atoms with Crippen LogP contribution in [0.5, 0.6) is 5.75 Å². The molecule has 0 unspecified atom stereocenters. The molecule has 0 bridgehead atoms. The van der Waals surface area contributed by atoms with E-state index in [1.54, 1.807) is 16.8 Å². The normalized spacial score (nSPS) is 10.2. The predicted octanol–water partition coefficient (Wildman–Crippen LogP) is 4.12. The average molecular weight is 342 g/mol. The summed E-state index contributed by atoms with van der Waals surface area (Å²) in [5.41, 5.74) is 5.24. The summed E-state index contributed by atoms with van der Waals surface area (Å²) in [7, 11) is 0. The van der Waals surface area contributed by atoms with Crippen LogP contribution in [0.2, 0.25) is 0 Å². The molecule has 0 amide bonds. The summed E-state index contributed by atoms with van der Waals surface area (Å²) < 4.78 is 7.75. The molecule has 0 aliphatic heterocycles. The largest absolute Gasteiger partial charge is 0.487 e. The smallest absolute Gasteiger partial charge is 0.132 e. The van der Waals surface area contributed by atoms with Crippen molar-refractivity contribution in [3.8, 4) is 23.6 Å². The molecule has 0 atom stereocenters. The molecule has 5 nitrogen and oxygen atoms in total. The topological polar surface area (TPSA) is 74.6 Å². The second kappa shape index (κ2) is 7.13. The Bertz CT molecular complexity index is 1040. The van der Waals surface area contributed by atoms with Crippen molar-refractivity contribution < 1.29 is 4.74 Å². The predicted molar refractivity (Wildman–Crippen MR) is 98.0 cm³/mol. The number of hydrogen-bond donors (Lipinski definition) is 0. The van der Waals surface area contributed by atoms with Crippen molar-refractivity contribution in [3.63, 3.8) is 0 Å². The van der Waals surface area contributed by atoms with E-state index in [1.807, 2.05) is 51.1 Å². The number of aryl methyl sites for hydroxylation is 1. The molecule has 0 saturated carbocycles. The Kier molecular flexibility index (Phi) is 4.73. The highest BCUT2D eigenvalue weighted by Gasteiger charge is 2.17. The van der Waals surface area contributed by atoms with Crippen LogP contribution >= 0.6 is 0 Å². The fourth-order valence-electron chi connectivity index (χ4n) is 2.86. The number of benzene rings is 2. The molecule has 0 spiro atoms. The Labute approximate surface area is 152 Å². The van der Waals surface area contributed by atoms with E-state index >= 15 is 0 Å². The second-order valence-corrected chi connectivity index (χ2v) is 6.03. The molecule has 2 aromatic carbocycles. The molecule has 3 aromatic rings. The van der Waals surface area contributed by atoms with Gasteiger partial charge in [0.2, 0.25) is 0 Å². The summed E-state index contributed by atoms with van der Waals surface area (Å²) in [5, 5.41) is 23.2. The molecule has 0 N–H and O–H groups in total. The summed E-state index contributed by atoms with van der Waals surface area (Å²) in [4.78, 5) is 0. The molecular weight excluding hydrogens is 324 g/mol. The van der Waals surface area contributed by atoms with E-state index in [0.29, 0.717) is 28.3 Å². The Hall–Kier alpha value is -3.57. The maximum absolute atomic E-state index is 9.53. The molecule has 5 heteroatoms. The lowest BCUT2D eigenvalue weighted by molar-refractivity contribution is 0.295. The van der Waals surface area contributed by atoms with E-state index in [2.05, 4.69) is 17.2 Å². The van der Waals surface area contributed by atoms with E-state index in [0.717, 1.165) is 16.8 Å². The first-order chi connectivity index (χ1) is 12.6. The number of nitriles is 2. The van der Waals surface area contributed by atoms with Gasteiger partial charge in [0.15, 0.2) is 0 Å². The molecule has 0 aliphatic rings. The van der Waals surface area contributed by atoms with Crippen molar-refractivity contribution in [1.82, 2.24) is 9.78 Å². The van der Waals surface area contributed by atoms with Crippen LogP contribution in [0.25, 0.3) is 5.69 Å². The fourth-order valence-corrected chi connectivity index (χ4v) is 2.86. The summed E-state index contributed by atoms with van der Waals surface area (Å²) in [6, 6.07) is 17.6. The summed E-state index contributed by atoms with van der Waals surface area (Å²) in [6.07, 6.45) is 0. The highest BCUT2D eigenvalue weighted by Crippen LogP contribution is 2.26. The molecule has 3 rings (SSSR count). The first-order valence-corrected chi connectivity index (χ1v) is 8.24. The summed E-state index contributed by atoms with van der Waals surface area (Å²) in [5.74, 6) is 0.698. The molecule has 26 heavy (non-hydrogen) atoms. The Morgan fingerprint density at radius 2 is 1.69 bits per heavy atom.